The Balaban J connectivity index is 0.00000167. The van der Waals surface area contributed by atoms with Gasteiger partial charge in [-0.25, -0.2) is 0 Å². The minimum absolute atomic E-state index is 0.0466. The van der Waals surface area contributed by atoms with E-state index in [1.807, 2.05) is 57.1 Å². The van der Waals surface area contributed by atoms with Crippen LogP contribution in [0.1, 0.15) is 49.0 Å². The topological polar surface area (TPSA) is 73.6 Å². The number of carbonyl (C=O) groups is 1. The van der Waals surface area contributed by atoms with Gasteiger partial charge in [-0.05, 0) is 67.2 Å². The highest BCUT2D eigenvalue weighted by Crippen LogP contribution is 2.29. The molecule has 1 aliphatic carbocycles. The molecule has 7 heteroatoms. The first kappa shape index (κ1) is 27.4. The highest BCUT2D eigenvalue weighted by atomic mass is 32.2. The zero-order valence-corrected chi connectivity index (χ0v) is 22.7. The van der Waals surface area contributed by atoms with E-state index in [-0.39, 0.29) is 11.9 Å². The lowest BCUT2D eigenvalue weighted by atomic mass is 9.96. The summed E-state index contributed by atoms with van der Waals surface area (Å²) in [4.78, 5) is 15.3. The van der Waals surface area contributed by atoms with Gasteiger partial charge in [0.25, 0.3) is 5.91 Å². The maximum absolute atomic E-state index is 12.9. The number of aryl methyl sites for hydroxylation is 1. The van der Waals surface area contributed by atoms with Crippen molar-refractivity contribution in [3.8, 4) is 0 Å². The molecule has 0 saturated carbocycles. The summed E-state index contributed by atoms with van der Waals surface area (Å²) in [7, 11) is 1.96. The molecule has 1 fully saturated rings. The molecule has 0 spiro atoms. The van der Waals surface area contributed by atoms with E-state index < -0.39 is 0 Å². The molecule has 2 heterocycles. The van der Waals surface area contributed by atoms with Crippen LogP contribution in [0.5, 0.6) is 0 Å². The third-order valence-corrected chi connectivity index (χ3v) is 7.88. The molecular weight excluding hydrogens is 454 g/mol. The number of hydrogen-bond donors (Lipinski definition) is 3. The van der Waals surface area contributed by atoms with Crippen LogP contribution >= 0.6 is 11.9 Å². The second-order valence-corrected chi connectivity index (χ2v) is 9.97. The summed E-state index contributed by atoms with van der Waals surface area (Å²) in [6.45, 7) is 8.77. The summed E-state index contributed by atoms with van der Waals surface area (Å²) in [6.07, 6.45) is 14.7. The van der Waals surface area contributed by atoms with Crippen molar-refractivity contribution in [2.75, 3.05) is 50.9 Å². The first-order valence-corrected chi connectivity index (χ1v) is 14.2. The van der Waals surface area contributed by atoms with Crippen LogP contribution in [0.25, 0.3) is 0 Å². The summed E-state index contributed by atoms with van der Waals surface area (Å²) < 4.78 is 2.40. The molecule has 6 nitrogen and oxygen atoms in total. The van der Waals surface area contributed by atoms with Crippen molar-refractivity contribution in [1.29, 1.82) is 0 Å². The zero-order chi connectivity index (χ0) is 25.2. The molecule has 4 N–H and O–H groups in total. The molecule has 4 rings (SSSR count). The molecule has 0 radical (unpaired) electrons. The van der Waals surface area contributed by atoms with Crippen molar-refractivity contribution in [3.63, 3.8) is 0 Å². The highest BCUT2D eigenvalue weighted by molar-refractivity contribution is 7.96. The van der Waals surface area contributed by atoms with Crippen LogP contribution in [0.2, 0.25) is 0 Å². The maximum Gasteiger partial charge on any atom is 0.251 e. The van der Waals surface area contributed by atoms with Gasteiger partial charge in [0.15, 0.2) is 0 Å². The van der Waals surface area contributed by atoms with Gasteiger partial charge in [-0.1, -0.05) is 50.1 Å². The van der Waals surface area contributed by atoms with Crippen molar-refractivity contribution >= 4 is 23.5 Å². The fourth-order valence-electron chi connectivity index (χ4n) is 4.98. The molecule has 2 aliphatic heterocycles. The number of carbonyl (C=O) groups excluding carboxylic acids is 1. The van der Waals surface area contributed by atoms with Crippen LogP contribution in [0.4, 0.5) is 5.69 Å². The van der Waals surface area contributed by atoms with Crippen molar-refractivity contribution < 1.29 is 4.79 Å². The van der Waals surface area contributed by atoms with Gasteiger partial charge >= 0.3 is 0 Å². The number of anilines is 1. The molecule has 1 aromatic carbocycles. The Morgan fingerprint density at radius 3 is 2.63 bits per heavy atom. The number of hydrogen-bond acceptors (Lipinski definition) is 6. The van der Waals surface area contributed by atoms with E-state index in [1.54, 1.807) is 0 Å². The van der Waals surface area contributed by atoms with E-state index in [1.165, 1.54) is 11.3 Å². The molecule has 1 aromatic rings. The monoisotopic (exact) mass is 497 g/mol. The van der Waals surface area contributed by atoms with Gasteiger partial charge in [0.2, 0.25) is 0 Å². The van der Waals surface area contributed by atoms with Gasteiger partial charge in [-0.3, -0.25) is 9.10 Å². The number of allylic oxidation sites excluding steroid dienone is 2. The van der Waals surface area contributed by atoms with Gasteiger partial charge in [0.05, 0.1) is 12.6 Å². The van der Waals surface area contributed by atoms with Crippen LogP contribution in [0, 0.1) is 5.92 Å². The Hall–Kier alpha value is -2.22. The molecule has 1 amide bonds. The van der Waals surface area contributed by atoms with Crippen LogP contribution in [-0.4, -0.2) is 62.3 Å². The number of nitrogens with two attached hydrogens (primary N) is 1. The summed E-state index contributed by atoms with van der Waals surface area (Å²) in [5.74, 6) is 0.624. The third-order valence-electron chi connectivity index (χ3n) is 7.00. The lowest BCUT2D eigenvalue weighted by molar-refractivity contribution is 0.0942. The number of nitrogens with one attached hydrogen (secondary N) is 2. The Bertz CT molecular complexity index is 933. The van der Waals surface area contributed by atoms with E-state index >= 15 is 0 Å². The zero-order valence-electron chi connectivity index (χ0n) is 21.8. The van der Waals surface area contributed by atoms with E-state index in [4.69, 9.17) is 5.73 Å². The van der Waals surface area contributed by atoms with Gasteiger partial charge < -0.3 is 21.3 Å². The average molecular weight is 498 g/mol. The van der Waals surface area contributed by atoms with E-state index in [0.717, 1.165) is 75.2 Å². The minimum atomic E-state index is -0.0826. The van der Waals surface area contributed by atoms with Crippen LogP contribution in [0.3, 0.4) is 0 Å². The Morgan fingerprint density at radius 2 is 1.94 bits per heavy atom. The summed E-state index contributed by atoms with van der Waals surface area (Å²) in [5, 5.41) is 6.55. The lowest BCUT2D eigenvalue weighted by Gasteiger charge is -2.33. The Labute approximate surface area is 216 Å². The van der Waals surface area contributed by atoms with Crippen LogP contribution in [-0.2, 0) is 6.42 Å². The molecule has 35 heavy (non-hydrogen) atoms. The normalized spacial score (nSPS) is 21.6. The Kier molecular flexibility index (Phi) is 10.8. The summed E-state index contributed by atoms with van der Waals surface area (Å²) in [5.41, 5.74) is 11.8. The second-order valence-electron chi connectivity index (χ2n) is 9.09. The fraction of sp³-hybridized carbons (Fsp3) is 0.536. The molecular formula is C28H43N5OS. The van der Waals surface area contributed by atoms with Crippen molar-refractivity contribution in [2.24, 2.45) is 11.7 Å². The summed E-state index contributed by atoms with van der Waals surface area (Å²) >= 11 is 1.82. The Morgan fingerprint density at radius 1 is 1.17 bits per heavy atom. The smallest absolute Gasteiger partial charge is 0.251 e. The largest absolute Gasteiger partial charge is 0.390 e. The van der Waals surface area contributed by atoms with Crippen LogP contribution < -0.4 is 21.3 Å². The predicted molar refractivity (Wildman–Crippen MR) is 151 cm³/mol. The number of benzene rings is 1. The number of nitrogens with zero attached hydrogens (tertiary/aromatic N) is 2. The van der Waals surface area contributed by atoms with Gasteiger partial charge in [0.1, 0.15) is 0 Å². The number of fused-ring (bicyclic) bond motifs is 1. The number of rotatable bonds is 7. The van der Waals surface area contributed by atoms with Gasteiger partial charge in [-0.2, -0.15) is 0 Å². The molecule has 1 atom stereocenters. The second kappa shape index (κ2) is 13.8. The van der Waals surface area contributed by atoms with Crippen molar-refractivity contribution in [2.45, 2.75) is 45.6 Å². The maximum atomic E-state index is 12.9. The highest BCUT2D eigenvalue weighted by Gasteiger charge is 2.22. The molecule has 0 bridgehead atoms. The first-order chi connectivity index (χ1) is 17.1. The first-order valence-electron chi connectivity index (χ1n) is 13.1. The van der Waals surface area contributed by atoms with E-state index in [9.17, 15) is 4.79 Å². The van der Waals surface area contributed by atoms with Crippen molar-refractivity contribution in [3.05, 3.63) is 64.9 Å². The summed E-state index contributed by atoms with van der Waals surface area (Å²) in [6, 6.07) is 6.11. The van der Waals surface area contributed by atoms with E-state index in [2.05, 4.69) is 44.3 Å². The third kappa shape index (κ3) is 7.15. The molecule has 0 aromatic heterocycles. The van der Waals surface area contributed by atoms with Crippen molar-refractivity contribution in [1.82, 2.24) is 14.9 Å². The van der Waals surface area contributed by atoms with Gasteiger partial charge in [-0.15, -0.1) is 0 Å². The molecule has 3 aliphatic rings. The van der Waals surface area contributed by atoms with Gasteiger partial charge in [0, 0.05) is 50.2 Å². The minimum Gasteiger partial charge on any atom is -0.390 e. The van der Waals surface area contributed by atoms with Crippen LogP contribution in [0.15, 0.2) is 53.8 Å². The predicted octanol–water partition coefficient (Wildman–Crippen LogP) is 4.11. The SMILES string of the molecule is CC.CN/C(CN1CCCc2cc(C(=O)NCC3CCN(SC)CC3)ccc21)=C1/C=CC=CC1N. The average Bonchev–Trinajstić information content (AvgIpc) is 2.92. The number of amides is 1. The number of piperidine rings is 1. The lowest BCUT2D eigenvalue weighted by Crippen LogP contribution is -2.37. The molecule has 1 saturated heterocycles. The van der Waals surface area contributed by atoms with E-state index in [0.29, 0.717) is 5.92 Å². The number of likely N-dealkylation sites (N-methyl/N-ethyl adjacent to an activating group) is 1. The standard InChI is InChI=1S/C26H37N5OS.C2H6/c1-28-24(22-7-3-4-8-23(22)27)18-30-13-5-6-20-16-21(9-10-25(20)30)26(32)29-17-19-11-14-31(33-2)15-12-19;1-2/h3-4,7-10,16,19,23,28H,5-6,11-15,17-18,27H2,1-2H3,(H,29,32);1-2H3/b24-22-;. The fourth-order valence-corrected chi connectivity index (χ4v) is 5.56. The molecule has 1 unspecified atom stereocenters. The quantitative estimate of drug-likeness (QED) is 0.493. The molecule has 192 valence electrons.